The maximum atomic E-state index is 10.8. The van der Waals surface area contributed by atoms with E-state index in [4.69, 9.17) is 16.0 Å². The van der Waals surface area contributed by atoms with Gasteiger partial charge in [0, 0.05) is 6.07 Å². The number of aromatic nitrogens is 1. The number of hydrogen-bond acceptors (Lipinski definition) is 5. The van der Waals surface area contributed by atoms with Gasteiger partial charge in [0.15, 0.2) is 5.03 Å². The standard InChI is InChI=1S/C10H7ClN2O3S/c1-6-8(4-5-16-6)17-10-7(13(14)15)2-3-9(11)12-10/h2-5H,1H3. The van der Waals surface area contributed by atoms with E-state index in [1.807, 2.05) is 0 Å². The molecule has 0 aliphatic carbocycles. The molecule has 2 rings (SSSR count). The second kappa shape index (κ2) is 4.77. The molecule has 2 heterocycles. The summed E-state index contributed by atoms with van der Waals surface area (Å²) in [4.78, 5) is 15.1. The lowest BCUT2D eigenvalue weighted by molar-refractivity contribution is -0.388. The quantitative estimate of drug-likeness (QED) is 0.483. The minimum absolute atomic E-state index is 0.0694. The maximum Gasteiger partial charge on any atom is 0.301 e. The summed E-state index contributed by atoms with van der Waals surface area (Å²) in [6.07, 6.45) is 1.52. The largest absolute Gasteiger partial charge is 0.468 e. The summed E-state index contributed by atoms with van der Waals surface area (Å²) in [5.74, 6) is 0.686. The average Bonchev–Trinajstić information content (AvgIpc) is 2.64. The average molecular weight is 271 g/mol. The van der Waals surface area contributed by atoms with Gasteiger partial charge in [-0.15, -0.1) is 0 Å². The lowest BCUT2D eigenvalue weighted by Crippen LogP contribution is -1.93. The Bertz CT molecular complexity index is 570. The highest BCUT2D eigenvalue weighted by Gasteiger charge is 2.18. The number of rotatable bonds is 3. The fourth-order valence-corrected chi connectivity index (χ4v) is 2.32. The van der Waals surface area contributed by atoms with Crippen molar-refractivity contribution in [1.29, 1.82) is 0 Å². The molecule has 0 spiro atoms. The number of halogens is 1. The molecular weight excluding hydrogens is 264 g/mol. The van der Waals surface area contributed by atoms with Gasteiger partial charge in [-0.3, -0.25) is 10.1 Å². The molecule has 0 radical (unpaired) electrons. The van der Waals surface area contributed by atoms with E-state index in [-0.39, 0.29) is 15.9 Å². The van der Waals surface area contributed by atoms with Crippen molar-refractivity contribution in [3.8, 4) is 0 Å². The first-order chi connectivity index (χ1) is 8.08. The van der Waals surface area contributed by atoms with Gasteiger partial charge in [-0.05, 0) is 19.1 Å². The molecule has 5 nitrogen and oxygen atoms in total. The Morgan fingerprint density at radius 1 is 1.47 bits per heavy atom. The van der Waals surface area contributed by atoms with Gasteiger partial charge in [0.05, 0.1) is 16.1 Å². The second-order valence-electron chi connectivity index (χ2n) is 3.16. The second-order valence-corrected chi connectivity index (χ2v) is 4.58. The first kappa shape index (κ1) is 11.9. The highest BCUT2D eigenvalue weighted by Crippen LogP contribution is 2.35. The number of nitro groups is 1. The lowest BCUT2D eigenvalue weighted by atomic mass is 10.4. The first-order valence-corrected chi connectivity index (χ1v) is 5.80. The highest BCUT2D eigenvalue weighted by molar-refractivity contribution is 7.99. The Kier molecular flexibility index (Phi) is 3.35. The predicted molar refractivity (Wildman–Crippen MR) is 63.5 cm³/mol. The molecule has 0 fully saturated rings. The van der Waals surface area contributed by atoms with E-state index in [0.717, 1.165) is 16.7 Å². The zero-order chi connectivity index (χ0) is 12.4. The lowest BCUT2D eigenvalue weighted by Gasteiger charge is -2.01. The van der Waals surface area contributed by atoms with Crippen molar-refractivity contribution in [3.63, 3.8) is 0 Å². The minimum Gasteiger partial charge on any atom is -0.468 e. The van der Waals surface area contributed by atoms with Crippen molar-refractivity contribution in [3.05, 3.63) is 45.5 Å². The Balaban J connectivity index is 2.41. The van der Waals surface area contributed by atoms with Crippen LogP contribution < -0.4 is 0 Å². The van der Waals surface area contributed by atoms with E-state index in [1.165, 1.54) is 18.4 Å². The molecule has 0 saturated carbocycles. The van der Waals surface area contributed by atoms with Gasteiger partial charge in [-0.2, -0.15) is 0 Å². The van der Waals surface area contributed by atoms with Crippen LogP contribution in [-0.2, 0) is 0 Å². The van der Waals surface area contributed by atoms with Crippen LogP contribution in [0.4, 0.5) is 5.69 Å². The fourth-order valence-electron chi connectivity index (χ4n) is 1.21. The van der Waals surface area contributed by atoms with E-state index in [0.29, 0.717) is 5.76 Å². The van der Waals surface area contributed by atoms with Gasteiger partial charge in [-0.25, -0.2) is 4.98 Å². The Hall–Kier alpha value is -1.53. The van der Waals surface area contributed by atoms with Crippen LogP contribution in [0.5, 0.6) is 0 Å². The summed E-state index contributed by atoms with van der Waals surface area (Å²) < 4.78 is 5.12. The van der Waals surface area contributed by atoms with E-state index >= 15 is 0 Å². The molecule has 0 unspecified atom stereocenters. The number of pyridine rings is 1. The molecule has 0 bridgehead atoms. The van der Waals surface area contributed by atoms with Crippen LogP contribution in [0.15, 0.2) is 38.8 Å². The van der Waals surface area contributed by atoms with Crippen LogP contribution in [0.25, 0.3) is 0 Å². The molecule has 7 heteroatoms. The summed E-state index contributed by atoms with van der Waals surface area (Å²) >= 11 is 6.89. The molecule has 0 saturated heterocycles. The van der Waals surface area contributed by atoms with Crippen molar-refractivity contribution < 1.29 is 9.34 Å². The van der Waals surface area contributed by atoms with Crippen molar-refractivity contribution in [2.75, 3.05) is 0 Å². The molecule has 0 aliphatic rings. The summed E-state index contributed by atoms with van der Waals surface area (Å²) in [5.41, 5.74) is -0.0694. The molecule has 2 aromatic rings. The summed E-state index contributed by atoms with van der Waals surface area (Å²) in [7, 11) is 0. The summed E-state index contributed by atoms with van der Waals surface area (Å²) in [6.45, 7) is 1.78. The molecule has 0 atom stereocenters. The van der Waals surface area contributed by atoms with E-state index < -0.39 is 4.92 Å². The molecule has 88 valence electrons. The molecule has 0 aromatic carbocycles. The van der Waals surface area contributed by atoms with Crippen molar-refractivity contribution in [2.45, 2.75) is 16.8 Å². The molecule has 0 N–H and O–H groups in total. The number of aryl methyl sites for hydroxylation is 1. The van der Waals surface area contributed by atoms with Gasteiger partial charge in [-0.1, -0.05) is 23.4 Å². The molecule has 0 aliphatic heterocycles. The van der Waals surface area contributed by atoms with Gasteiger partial charge >= 0.3 is 5.69 Å². The minimum atomic E-state index is -0.485. The van der Waals surface area contributed by atoms with Crippen molar-refractivity contribution >= 4 is 29.1 Å². The maximum absolute atomic E-state index is 10.8. The van der Waals surface area contributed by atoms with Gasteiger partial charge < -0.3 is 4.42 Å². The van der Waals surface area contributed by atoms with E-state index in [1.54, 1.807) is 13.0 Å². The van der Waals surface area contributed by atoms with Crippen LogP contribution in [0.1, 0.15) is 5.76 Å². The van der Waals surface area contributed by atoms with Crippen LogP contribution in [0, 0.1) is 17.0 Å². The molecular formula is C10H7ClN2O3S. The van der Waals surface area contributed by atoms with Gasteiger partial charge in [0.1, 0.15) is 10.9 Å². The highest BCUT2D eigenvalue weighted by atomic mass is 35.5. The van der Waals surface area contributed by atoms with Crippen LogP contribution >= 0.6 is 23.4 Å². The SMILES string of the molecule is Cc1occc1Sc1nc(Cl)ccc1[N+](=O)[O-]. The Morgan fingerprint density at radius 3 is 2.82 bits per heavy atom. The fraction of sp³-hybridized carbons (Fsp3) is 0.100. The zero-order valence-corrected chi connectivity index (χ0v) is 10.3. The van der Waals surface area contributed by atoms with Crippen LogP contribution in [0.2, 0.25) is 5.15 Å². The third-order valence-corrected chi connectivity index (χ3v) is 3.37. The van der Waals surface area contributed by atoms with Crippen molar-refractivity contribution in [1.82, 2.24) is 4.98 Å². The number of furan rings is 1. The zero-order valence-electron chi connectivity index (χ0n) is 8.71. The smallest absolute Gasteiger partial charge is 0.301 e. The monoisotopic (exact) mass is 270 g/mol. The first-order valence-electron chi connectivity index (χ1n) is 4.61. The van der Waals surface area contributed by atoms with Crippen LogP contribution in [0.3, 0.4) is 0 Å². The van der Waals surface area contributed by atoms with E-state index in [2.05, 4.69) is 4.98 Å². The van der Waals surface area contributed by atoms with Gasteiger partial charge in [0.2, 0.25) is 0 Å². The van der Waals surface area contributed by atoms with Crippen LogP contribution in [-0.4, -0.2) is 9.91 Å². The third-order valence-electron chi connectivity index (χ3n) is 2.02. The molecule has 2 aromatic heterocycles. The normalized spacial score (nSPS) is 10.5. The third kappa shape index (κ3) is 2.59. The molecule has 17 heavy (non-hydrogen) atoms. The van der Waals surface area contributed by atoms with Crippen molar-refractivity contribution in [2.24, 2.45) is 0 Å². The topological polar surface area (TPSA) is 69.2 Å². The Morgan fingerprint density at radius 2 is 2.24 bits per heavy atom. The summed E-state index contributed by atoms with van der Waals surface area (Å²) in [6, 6.07) is 4.46. The van der Waals surface area contributed by atoms with Gasteiger partial charge in [0.25, 0.3) is 0 Å². The van der Waals surface area contributed by atoms with E-state index in [9.17, 15) is 10.1 Å². The number of nitrogens with zero attached hydrogens (tertiary/aromatic N) is 2. The molecule has 0 amide bonds. The number of hydrogen-bond donors (Lipinski definition) is 0. The Labute approximate surface area is 106 Å². The predicted octanol–water partition coefficient (Wildman–Crippen LogP) is 3.70. The summed E-state index contributed by atoms with van der Waals surface area (Å²) in [5, 5.41) is 11.3.